The predicted molar refractivity (Wildman–Crippen MR) is 109 cm³/mol. The van der Waals surface area contributed by atoms with Crippen LogP contribution >= 0.6 is 0 Å². The Morgan fingerprint density at radius 1 is 1.34 bits per heavy atom. The third-order valence-electron chi connectivity index (χ3n) is 5.63. The van der Waals surface area contributed by atoms with Crippen LogP contribution < -0.4 is 15.0 Å². The summed E-state index contributed by atoms with van der Waals surface area (Å²) in [7, 11) is -3.55. The van der Waals surface area contributed by atoms with E-state index in [2.05, 4.69) is 20.2 Å². The monoisotopic (exact) mass is 426 g/mol. The first kappa shape index (κ1) is 21.8. The van der Waals surface area contributed by atoms with Crippen molar-refractivity contribution in [3.05, 3.63) is 11.5 Å². The highest BCUT2D eigenvalue weighted by molar-refractivity contribution is 7.91. The van der Waals surface area contributed by atoms with Crippen molar-refractivity contribution in [2.45, 2.75) is 57.4 Å². The molecule has 2 atom stereocenters. The van der Waals surface area contributed by atoms with Crippen molar-refractivity contribution >= 4 is 21.6 Å². The first-order chi connectivity index (χ1) is 13.4. The molecule has 1 N–H and O–H groups in total. The van der Waals surface area contributed by atoms with Gasteiger partial charge in [0.05, 0.1) is 24.8 Å². The van der Waals surface area contributed by atoms with Gasteiger partial charge in [0.1, 0.15) is 17.0 Å². The van der Waals surface area contributed by atoms with Gasteiger partial charge in [0.25, 0.3) is 5.91 Å². The molecule has 162 valence electrons. The van der Waals surface area contributed by atoms with Crippen molar-refractivity contribution in [2.75, 3.05) is 37.5 Å². The second kappa shape index (κ2) is 7.39. The Hall–Kier alpha value is -1.94. The van der Waals surface area contributed by atoms with Crippen LogP contribution in [0.4, 0.5) is 5.82 Å². The van der Waals surface area contributed by atoms with Crippen molar-refractivity contribution in [1.29, 1.82) is 0 Å². The van der Waals surface area contributed by atoms with Gasteiger partial charge in [0, 0.05) is 12.8 Å². The standard InChI is InChI=1S/C19H30N4O5S/c1-7-8-20-17(24)15-21-14(18(3,4)29(6,25)26)13-16(22-15)23-12(2)9-27-10-19(23,5)11-28-13/h12H,7-11H2,1-6H3,(H,20,24)/t12-,19+/m1/s1. The van der Waals surface area contributed by atoms with E-state index >= 15 is 0 Å². The summed E-state index contributed by atoms with van der Waals surface area (Å²) >= 11 is 0. The van der Waals surface area contributed by atoms with Crippen LogP contribution in [0, 0.1) is 0 Å². The molecule has 3 rings (SSSR count). The highest BCUT2D eigenvalue weighted by atomic mass is 32.2. The van der Waals surface area contributed by atoms with Crippen LogP contribution in [0.1, 0.15) is 57.4 Å². The Balaban J connectivity index is 2.24. The number of carbonyl (C=O) groups is 1. The van der Waals surface area contributed by atoms with Crippen LogP contribution in [0.3, 0.4) is 0 Å². The van der Waals surface area contributed by atoms with Gasteiger partial charge in [-0.25, -0.2) is 18.4 Å². The maximum atomic E-state index is 12.7. The van der Waals surface area contributed by atoms with E-state index in [0.717, 1.165) is 12.7 Å². The summed E-state index contributed by atoms with van der Waals surface area (Å²) in [6.07, 6.45) is 1.92. The van der Waals surface area contributed by atoms with Gasteiger partial charge in [-0.3, -0.25) is 4.79 Å². The molecule has 1 fully saturated rings. The zero-order valence-corrected chi connectivity index (χ0v) is 18.7. The Labute approximate surface area is 172 Å². The van der Waals surface area contributed by atoms with E-state index in [9.17, 15) is 13.2 Å². The topological polar surface area (TPSA) is 111 Å². The highest BCUT2D eigenvalue weighted by Crippen LogP contribution is 2.45. The number of morpholine rings is 1. The number of hydrogen-bond donors (Lipinski definition) is 1. The van der Waals surface area contributed by atoms with Crippen LogP contribution in [0.5, 0.6) is 5.75 Å². The third kappa shape index (κ3) is 3.68. The summed E-state index contributed by atoms with van der Waals surface area (Å²) in [6, 6.07) is -0.0213. The molecule has 0 spiro atoms. The average Bonchev–Trinajstić information content (AvgIpc) is 2.63. The number of sulfone groups is 1. The molecule has 1 aromatic heterocycles. The lowest BCUT2D eigenvalue weighted by Crippen LogP contribution is -2.64. The molecular weight excluding hydrogens is 396 g/mol. The molecule has 0 bridgehead atoms. The SMILES string of the molecule is CCCNC(=O)c1nc2c(c(C(C)(C)S(C)(=O)=O)n1)OC[C@]1(C)COC[C@@H](C)N21. The smallest absolute Gasteiger partial charge is 0.289 e. The lowest BCUT2D eigenvalue weighted by Gasteiger charge is -2.51. The molecule has 2 aliphatic heterocycles. The van der Waals surface area contributed by atoms with Crippen LogP contribution in [-0.2, 0) is 19.3 Å². The third-order valence-corrected chi connectivity index (χ3v) is 7.68. The van der Waals surface area contributed by atoms with Gasteiger partial charge in [-0.2, -0.15) is 0 Å². The summed E-state index contributed by atoms with van der Waals surface area (Å²) in [5, 5.41) is 2.77. The molecule has 1 aromatic rings. The minimum atomic E-state index is -3.55. The number of amides is 1. The number of hydrogen-bond acceptors (Lipinski definition) is 8. The molecule has 2 aliphatic rings. The lowest BCUT2D eigenvalue weighted by molar-refractivity contribution is 0.00695. The van der Waals surface area contributed by atoms with Gasteiger partial charge in [0.15, 0.2) is 21.4 Å². The van der Waals surface area contributed by atoms with Crippen LogP contribution in [0.25, 0.3) is 0 Å². The number of anilines is 1. The van der Waals surface area contributed by atoms with Gasteiger partial charge in [-0.15, -0.1) is 0 Å². The molecule has 3 heterocycles. The molecule has 0 aromatic carbocycles. The van der Waals surface area contributed by atoms with Crippen molar-refractivity contribution in [3.63, 3.8) is 0 Å². The minimum absolute atomic E-state index is 0.0213. The lowest BCUT2D eigenvalue weighted by atomic mass is 9.95. The fraction of sp³-hybridized carbons (Fsp3) is 0.737. The molecule has 29 heavy (non-hydrogen) atoms. The average molecular weight is 427 g/mol. The Bertz CT molecular complexity index is 917. The number of nitrogens with zero attached hydrogens (tertiary/aromatic N) is 3. The van der Waals surface area contributed by atoms with Crippen LogP contribution in [-0.4, -0.2) is 68.5 Å². The summed E-state index contributed by atoms with van der Waals surface area (Å²) in [5.41, 5.74) is -0.268. The molecule has 0 radical (unpaired) electrons. The summed E-state index contributed by atoms with van der Waals surface area (Å²) in [4.78, 5) is 23.7. The van der Waals surface area contributed by atoms with Gasteiger partial charge >= 0.3 is 0 Å². The molecular formula is C19H30N4O5S. The normalized spacial score (nSPS) is 24.3. The number of fused-ring (bicyclic) bond motifs is 3. The van der Waals surface area contributed by atoms with E-state index < -0.39 is 26.0 Å². The minimum Gasteiger partial charge on any atom is -0.485 e. The molecule has 10 heteroatoms. The maximum absolute atomic E-state index is 12.7. The van der Waals surface area contributed by atoms with Crippen molar-refractivity contribution in [2.24, 2.45) is 0 Å². The van der Waals surface area contributed by atoms with Crippen molar-refractivity contribution < 1.29 is 22.7 Å². The van der Waals surface area contributed by atoms with Crippen LogP contribution in [0.2, 0.25) is 0 Å². The van der Waals surface area contributed by atoms with Gasteiger partial charge in [-0.1, -0.05) is 6.92 Å². The number of ether oxygens (including phenoxy) is 2. The fourth-order valence-electron chi connectivity index (χ4n) is 3.67. The van der Waals surface area contributed by atoms with Crippen LogP contribution in [0.15, 0.2) is 0 Å². The van der Waals surface area contributed by atoms with E-state index in [1.54, 1.807) is 13.8 Å². The Morgan fingerprint density at radius 3 is 2.66 bits per heavy atom. The second-order valence-corrected chi connectivity index (χ2v) is 11.2. The van der Waals surface area contributed by atoms with Gasteiger partial charge < -0.3 is 19.7 Å². The molecule has 1 saturated heterocycles. The second-order valence-electron chi connectivity index (χ2n) is 8.61. The Kier molecular flexibility index (Phi) is 5.55. The van der Waals surface area contributed by atoms with E-state index in [0.29, 0.717) is 37.9 Å². The number of aromatic nitrogens is 2. The first-order valence-electron chi connectivity index (χ1n) is 9.82. The zero-order valence-electron chi connectivity index (χ0n) is 17.9. The highest BCUT2D eigenvalue weighted by Gasteiger charge is 2.49. The maximum Gasteiger partial charge on any atom is 0.289 e. The Morgan fingerprint density at radius 2 is 2.03 bits per heavy atom. The van der Waals surface area contributed by atoms with E-state index in [-0.39, 0.29) is 17.6 Å². The molecule has 0 saturated carbocycles. The predicted octanol–water partition coefficient (Wildman–Crippen LogP) is 1.27. The van der Waals surface area contributed by atoms with Crippen molar-refractivity contribution in [1.82, 2.24) is 15.3 Å². The fourth-order valence-corrected chi connectivity index (χ4v) is 4.16. The molecule has 9 nitrogen and oxygen atoms in total. The van der Waals surface area contributed by atoms with E-state index in [1.165, 1.54) is 0 Å². The molecule has 1 amide bonds. The molecule has 0 unspecified atom stereocenters. The van der Waals surface area contributed by atoms with E-state index in [1.807, 2.05) is 20.8 Å². The summed E-state index contributed by atoms with van der Waals surface area (Å²) in [6.45, 7) is 10.8. The first-order valence-corrected chi connectivity index (χ1v) is 11.7. The zero-order chi connectivity index (χ0) is 21.6. The molecule has 0 aliphatic carbocycles. The van der Waals surface area contributed by atoms with Gasteiger partial charge in [-0.05, 0) is 34.1 Å². The number of rotatable bonds is 5. The van der Waals surface area contributed by atoms with Crippen molar-refractivity contribution in [3.8, 4) is 5.75 Å². The largest absolute Gasteiger partial charge is 0.485 e. The quantitative estimate of drug-likeness (QED) is 0.749. The summed E-state index contributed by atoms with van der Waals surface area (Å²) < 4.78 is 35.5. The number of carbonyl (C=O) groups excluding carboxylic acids is 1. The van der Waals surface area contributed by atoms with Gasteiger partial charge in [0.2, 0.25) is 5.82 Å². The van der Waals surface area contributed by atoms with E-state index in [4.69, 9.17) is 9.47 Å². The summed E-state index contributed by atoms with van der Waals surface area (Å²) in [5.74, 6) is 0.264. The number of nitrogens with one attached hydrogen (secondary N) is 1.